The minimum atomic E-state index is -0.712. The van der Waals surface area contributed by atoms with Crippen molar-refractivity contribution in [3.8, 4) is 0 Å². The number of ketones is 1. The second kappa shape index (κ2) is 5.57. The SMILES string of the molecule is O=C(COC(=O)C12C[C@@H]3C[C@@H](CC(O)(C3)C1)C2)c1ccccc1Cl. The van der Waals surface area contributed by atoms with Crippen LogP contribution in [0.5, 0.6) is 0 Å². The molecule has 4 saturated carbocycles. The van der Waals surface area contributed by atoms with E-state index in [9.17, 15) is 14.7 Å². The van der Waals surface area contributed by atoms with E-state index in [2.05, 4.69) is 0 Å². The maximum atomic E-state index is 12.7. The monoisotopic (exact) mass is 348 g/mol. The smallest absolute Gasteiger partial charge is 0.312 e. The lowest BCUT2D eigenvalue weighted by Gasteiger charge is -2.58. The predicted molar refractivity (Wildman–Crippen MR) is 88.8 cm³/mol. The number of benzene rings is 1. The van der Waals surface area contributed by atoms with Gasteiger partial charge in [0.1, 0.15) is 0 Å². The molecule has 2 unspecified atom stereocenters. The van der Waals surface area contributed by atoms with E-state index in [-0.39, 0.29) is 18.4 Å². The minimum Gasteiger partial charge on any atom is -0.457 e. The van der Waals surface area contributed by atoms with Crippen molar-refractivity contribution in [1.82, 2.24) is 0 Å². The summed E-state index contributed by atoms with van der Waals surface area (Å²) in [7, 11) is 0. The minimum absolute atomic E-state index is 0.294. The molecule has 5 rings (SSSR count). The Morgan fingerprint density at radius 1 is 1.17 bits per heavy atom. The third-order valence-electron chi connectivity index (χ3n) is 5.97. The highest BCUT2D eigenvalue weighted by Gasteiger charge is 2.60. The van der Waals surface area contributed by atoms with Gasteiger partial charge in [-0.25, -0.2) is 0 Å². The van der Waals surface area contributed by atoms with Crippen LogP contribution in [-0.4, -0.2) is 29.1 Å². The Morgan fingerprint density at radius 3 is 2.46 bits per heavy atom. The van der Waals surface area contributed by atoms with E-state index in [1.165, 1.54) is 0 Å². The maximum Gasteiger partial charge on any atom is 0.312 e. The molecular weight excluding hydrogens is 328 g/mol. The second-order valence-electron chi connectivity index (χ2n) is 7.94. The number of carbonyl (C=O) groups is 2. The molecule has 0 saturated heterocycles. The molecule has 128 valence electrons. The standard InChI is InChI=1S/C19H21ClO4/c20-15-4-2-1-3-14(15)16(21)10-24-17(22)18-6-12-5-13(7-18)9-19(23,8-12)11-18/h1-4,12-13,23H,5-11H2/t12-,13+,18?,19?. The van der Waals surface area contributed by atoms with Gasteiger partial charge >= 0.3 is 5.97 Å². The van der Waals surface area contributed by atoms with Crippen LogP contribution in [0, 0.1) is 17.3 Å². The summed E-state index contributed by atoms with van der Waals surface area (Å²) in [6.45, 7) is -0.294. The van der Waals surface area contributed by atoms with Crippen molar-refractivity contribution in [1.29, 1.82) is 0 Å². The average molecular weight is 349 g/mol. The number of ether oxygens (including phenoxy) is 1. The summed E-state index contributed by atoms with van der Waals surface area (Å²) in [4.78, 5) is 25.0. The third-order valence-corrected chi connectivity index (χ3v) is 6.30. The van der Waals surface area contributed by atoms with Gasteiger partial charge in [-0.05, 0) is 62.5 Å². The van der Waals surface area contributed by atoms with Crippen LogP contribution in [0.1, 0.15) is 48.9 Å². The molecule has 4 aliphatic rings. The molecule has 0 amide bonds. The zero-order valence-electron chi connectivity index (χ0n) is 13.5. The fourth-order valence-electron chi connectivity index (χ4n) is 5.50. The summed E-state index contributed by atoms with van der Waals surface area (Å²) < 4.78 is 5.38. The number of halogens is 1. The van der Waals surface area contributed by atoms with Crippen molar-refractivity contribution in [3.05, 3.63) is 34.9 Å². The first-order valence-electron chi connectivity index (χ1n) is 8.57. The molecular formula is C19H21ClO4. The van der Waals surface area contributed by atoms with Crippen molar-refractivity contribution >= 4 is 23.4 Å². The Kier molecular flexibility index (Phi) is 3.73. The number of hydrogen-bond donors (Lipinski definition) is 1. The molecule has 4 fully saturated rings. The first-order chi connectivity index (χ1) is 11.4. The predicted octanol–water partition coefficient (Wildman–Crippen LogP) is 3.40. The topological polar surface area (TPSA) is 63.6 Å². The number of esters is 1. The van der Waals surface area contributed by atoms with Crippen LogP contribution in [0.4, 0.5) is 0 Å². The van der Waals surface area contributed by atoms with Gasteiger partial charge < -0.3 is 9.84 Å². The van der Waals surface area contributed by atoms with Crippen LogP contribution in [0.3, 0.4) is 0 Å². The molecule has 0 spiro atoms. The number of rotatable bonds is 4. The zero-order valence-corrected chi connectivity index (χ0v) is 14.2. The Hall–Kier alpha value is -1.39. The summed E-state index contributed by atoms with van der Waals surface area (Å²) >= 11 is 6.01. The summed E-state index contributed by atoms with van der Waals surface area (Å²) in [5.41, 5.74) is -0.939. The van der Waals surface area contributed by atoms with Gasteiger partial charge in [0, 0.05) is 5.56 Å². The molecule has 4 bridgehead atoms. The van der Waals surface area contributed by atoms with E-state index in [4.69, 9.17) is 16.3 Å². The second-order valence-corrected chi connectivity index (χ2v) is 8.35. The highest BCUT2D eigenvalue weighted by Crippen LogP contribution is 2.61. The summed E-state index contributed by atoms with van der Waals surface area (Å²) in [5, 5.41) is 11.1. The molecule has 4 aliphatic carbocycles. The number of carbonyl (C=O) groups excluding carboxylic acids is 2. The number of aliphatic hydroxyl groups is 1. The lowest BCUT2D eigenvalue weighted by molar-refractivity contribution is -0.195. The zero-order chi connectivity index (χ0) is 16.9. The Bertz CT molecular complexity index is 684. The van der Waals surface area contributed by atoms with Gasteiger partial charge in [0.05, 0.1) is 16.0 Å². The summed E-state index contributed by atoms with van der Waals surface area (Å²) in [5.74, 6) is 0.193. The summed E-state index contributed by atoms with van der Waals surface area (Å²) in [6, 6.07) is 6.76. The van der Waals surface area contributed by atoms with Crippen molar-refractivity contribution in [2.75, 3.05) is 6.61 Å². The molecule has 0 aliphatic heterocycles. The van der Waals surface area contributed by atoms with E-state index in [0.29, 0.717) is 28.8 Å². The van der Waals surface area contributed by atoms with Crippen LogP contribution < -0.4 is 0 Å². The van der Waals surface area contributed by atoms with Crippen LogP contribution in [0.2, 0.25) is 5.02 Å². The molecule has 0 aromatic heterocycles. The highest BCUT2D eigenvalue weighted by molar-refractivity contribution is 6.34. The van der Waals surface area contributed by atoms with Crippen molar-refractivity contribution < 1.29 is 19.4 Å². The van der Waals surface area contributed by atoms with Crippen LogP contribution in [0.25, 0.3) is 0 Å². The van der Waals surface area contributed by atoms with Gasteiger partial charge in [-0.1, -0.05) is 23.7 Å². The lowest BCUT2D eigenvalue weighted by Crippen LogP contribution is -2.58. The third kappa shape index (κ3) is 2.66. The molecule has 4 nitrogen and oxygen atoms in total. The fraction of sp³-hybridized carbons (Fsp3) is 0.579. The Labute approximate surface area is 146 Å². The van der Waals surface area contributed by atoms with Crippen molar-refractivity contribution in [2.45, 2.75) is 44.1 Å². The molecule has 0 heterocycles. The molecule has 4 atom stereocenters. The van der Waals surface area contributed by atoms with Gasteiger partial charge in [0.25, 0.3) is 0 Å². The van der Waals surface area contributed by atoms with Gasteiger partial charge in [-0.3, -0.25) is 9.59 Å². The van der Waals surface area contributed by atoms with Crippen LogP contribution in [-0.2, 0) is 9.53 Å². The van der Waals surface area contributed by atoms with Crippen molar-refractivity contribution in [2.24, 2.45) is 17.3 Å². The number of Topliss-reactive ketones (excluding diaryl/α,β-unsaturated/α-hetero) is 1. The lowest BCUT2D eigenvalue weighted by atomic mass is 9.48. The number of hydrogen-bond acceptors (Lipinski definition) is 4. The van der Waals surface area contributed by atoms with Gasteiger partial charge in [0.2, 0.25) is 5.78 Å². The largest absolute Gasteiger partial charge is 0.457 e. The van der Waals surface area contributed by atoms with E-state index in [1.807, 2.05) is 0 Å². The first-order valence-corrected chi connectivity index (χ1v) is 8.94. The molecule has 24 heavy (non-hydrogen) atoms. The van der Waals surface area contributed by atoms with Gasteiger partial charge in [-0.2, -0.15) is 0 Å². The Morgan fingerprint density at radius 2 is 1.83 bits per heavy atom. The molecule has 1 aromatic carbocycles. The van der Waals surface area contributed by atoms with Crippen molar-refractivity contribution in [3.63, 3.8) is 0 Å². The molecule has 5 heteroatoms. The fourth-order valence-corrected chi connectivity index (χ4v) is 5.74. The van der Waals surface area contributed by atoms with E-state index in [0.717, 1.165) is 32.1 Å². The molecule has 1 N–H and O–H groups in total. The molecule has 0 radical (unpaired) electrons. The van der Waals surface area contributed by atoms with Gasteiger partial charge in [0.15, 0.2) is 6.61 Å². The molecule has 1 aromatic rings. The van der Waals surface area contributed by atoms with E-state index >= 15 is 0 Å². The van der Waals surface area contributed by atoms with E-state index < -0.39 is 11.0 Å². The van der Waals surface area contributed by atoms with Crippen LogP contribution in [0.15, 0.2) is 24.3 Å². The summed E-state index contributed by atoms with van der Waals surface area (Å²) in [6.07, 6.45) is 4.76. The van der Waals surface area contributed by atoms with Crippen LogP contribution >= 0.6 is 11.6 Å². The quantitative estimate of drug-likeness (QED) is 0.669. The first kappa shape index (κ1) is 16.1. The maximum absolute atomic E-state index is 12.7. The Balaban J connectivity index is 1.45. The average Bonchev–Trinajstić information content (AvgIpc) is 2.50. The normalized spacial score (nSPS) is 36.6. The van der Waals surface area contributed by atoms with Gasteiger partial charge in [-0.15, -0.1) is 0 Å². The highest BCUT2D eigenvalue weighted by atomic mass is 35.5. The van der Waals surface area contributed by atoms with E-state index in [1.54, 1.807) is 24.3 Å².